The van der Waals surface area contributed by atoms with Crippen LogP contribution in [0.15, 0.2) is 78.3 Å². The van der Waals surface area contributed by atoms with Crippen molar-refractivity contribution in [1.82, 2.24) is 14.3 Å². The number of carbonyl (C=O) groups excluding carboxylic acids is 1. The van der Waals surface area contributed by atoms with Crippen LogP contribution >= 0.6 is 11.8 Å². The van der Waals surface area contributed by atoms with E-state index in [9.17, 15) is 22.9 Å². The molecule has 37 heavy (non-hydrogen) atoms. The number of nitrogens with zero attached hydrogens (tertiary/aromatic N) is 6. The maximum atomic E-state index is 14.2. The van der Waals surface area contributed by atoms with Crippen LogP contribution in [-0.4, -0.2) is 48.7 Å². The van der Waals surface area contributed by atoms with Crippen molar-refractivity contribution in [2.75, 3.05) is 34.8 Å². The van der Waals surface area contributed by atoms with Gasteiger partial charge in [-0.1, -0.05) is 24.8 Å². The van der Waals surface area contributed by atoms with Crippen molar-refractivity contribution in [1.29, 1.82) is 5.26 Å². The van der Waals surface area contributed by atoms with E-state index in [2.05, 4.69) is 21.9 Å². The maximum absolute atomic E-state index is 14.2. The molecule has 1 amide bonds. The van der Waals surface area contributed by atoms with Crippen LogP contribution < -0.4 is 14.6 Å². The van der Waals surface area contributed by atoms with Gasteiger partial charge in [0, 0.05) is 43.8 Å². The molecule has 3 aromatic rings. The zero-order valence-corrected chi connectivity index (χ0v) is 21.3. The van der Waals surface area contributed by atoms with Crippen LogP contribution in [0.3, 0.4) is 0 Å². The van der Waals surface area contributed by atoms with Gasteiger partial charge in [0.1, 0.15) is 11.6 Å². The standard InChI is InChI=1S/C24H23ClFN7O3S/c1-3-23(34)31(2)21-16-18(10-11-20(21)26)29-22-12-13-28-24(30-22)33(25)15-7-14-32(17-27)37(35,36)19-8-5-4-6-9-19/h3-6,8-13,16H,1,7,14-15H2,2H3,(H,28,29,30). The second-order valence-electron chi connectivity index (χ2n) is 7.56. The first kappa shape index (κ1) is 27.4. The zero-order chi connectivity index (χ0) is 27.0. The highest BCUT2D eigenvalue weighted by Gasteiger charge is 2.23. The lowest BCUT2D eigenvalue weighted by atomic mass is 10.2. The van der Waals surface area contributed by atoms with Gasteiger partial charge < -0.3 is 10.2 Å². The molecule has 0 fully saturated rings. The number of sulfonamides is 1. The first-order valence-electron chi connectivity index (χ1n) is 10.9. The summed E-state index contributed by atoms with van der Waals surface area (Å²) >= 11 is 6.30. The van der Waals surface area contributed by atoms with Gasteiger partial charge in [-0.05, 0) is 48.9 Å². The number of likely N-dealkylation sites (N-methyl/N-ethyl adjacent to an activating group) is 1. The summed E-state index contributed by atoms with van der Waals surface area (Å²) in [5, 5.41) is 12.4. The van der Waals surface area contributed by atoms with Gasteiger partial charge in [-0.2, -0.15) is 10.2 Å². The van der Waals surface area contributed by atoms with Crippen LogP contribution in [0.5, 0.6) is 0 Å². The molecule has 13 heteroatoms. The molecule has 0 saturated carbocycles. The third-order valence-electron chi connectivity index (χ3n) is 5.10. The molecule has 0 aliphatic rings. The molecule has 0 bridgehead atoms. The summed E-state index contributed by atoms with van der Waals surface area (Å²) in [5.74, 6) is -0.581. The lowest BCUT2D eigenvalue weighted by molar-refractivity contribution is -0.113. The van der Waals surface area contributed by atoms with E-state index in [0.29, 0.717) is 15.8 Å². The lowest BCUT2D eigenvalue weighted by Gasteiger charge is -2.19. The fourth-order valence-electron chi connectivity index (χ4n) is 3.18. The number of carbonyl (C=O) groups is 1. The Morgan fingerprint density at radius 2 is 1.95 bits per heavy atom. The van der Waals surface area contributed by atoms with E-state index in [1.54, 1.807) is 30.5 Å². The van der Waals surface area contributed by atoms with E-state index in [4.69, 9.17) is 11.8 Å². The zero-order valence-electron chi connectivity index (χ0n) is 19.8. The first-order chi connectivity index (χ1) is 17.7. The Morgan fingerprint density at radius 3 is 2.62 bits per heavy atom. The molecule has 1 heterocycles. The van der Waals surface area contributed by atoms with Crippen molar-refractivity contribution in [3.8, 4) is 6.19 Å². The molecular formula is C24H23ClFN7O3S. The predicted molar refractivity (Wildman–Crippen MR) is 139 cm³/mol. The molecule has 1 N–H and O–H groups in total. The average molecular weight is 544 g/mol. The van der Waals surface area contributed by atoms with Gasteiger partial charge in [-0.15, -0.1) is 0 Å². The van der Waals surface area contributed by atoms with Gasteiger partial charge in [0.05, 0.1) is 10.6 Å². The summed E-state index contributed by atoms with van der Waals surface area (Å²) in [7, 11) is -2.53. The van der Waals surface area contributed by atoms with Gasteiger partial charge in [-0.3, -0.25) is 9.21 Å². The van der Waals surface area contributed by atoms with Gasteiger partial charge in [-0.25, -0.2) is 22.1 Å². The van der Waals surface area contributed by atoms with E-state index in [0.717, 1.165) is 11.0 Å². The van der Waals surface area contributed by atoms with Crippen molar-refractivity contribution in [3.63, 3.8) is 0 Å². The Bertz CT molecular complexity index is 1420. The molecule has 0 spiro atoms. The molecule has 0 radical (unpaired) electrons. The van der Waals surface area contributed by atoms with Crippen molar-refractivity contribution in [3.05, 3.63) is 79.3 Å². The minimum atomic E-state index is -3.96. The number of nitrogens with one attached hydrogen (secondary N) is 1. The van der Waals surface area contributed by atoms with E-state index in [1.165, 1.54) is 48.0 Å². The highest BCUT2D eigenvalue weighted by Crippen LogP contribution is 2.26. The summed E-state index contributed by atoms with van der Waals surface area (Å²) in [6, 6.07) is 13.4. The van der Waals surface area contributed by atoms with Crippen LogP contribution in [0, 0.1) is 17.3 Å². The number of amides is 1. The first-order valence-corrected chi connectivity index (χ1v) is 12.7. The molecule has 0 saturated heterocycles. The number of hydrogen-bond acceptors (Lipinski definition) is 8. The van der Waals surface area contributed by atoms with E-state index >= 15 is 0 Å². The van der Waals surface area contributed by atoms with Crippen molar-refractivity contribution in [2.24, 2.45) is 0 Å². The number of halogens is 2. The van der Waals surface area contributed by atoms with Gasteiger partial charge in [0.25, 0.3) is 10.0 Å². The summed E-state index contributed by atoms with van der Waals surface area (Å²) in [5.41, 5.74) is 0.511. The number of rotatable bonds is 11. The number of hydrogen-bond donors (Lipinski definition) is 1. The minimum Gasteiger partial charge on any atom is -0.340 e. The molecule has 192 valence electrons. The van der Waals surface area contributed by atoms with E-state index < -0.39 is 21.7 Å². The molecule has 0 atom stereocenters. The van der Waals surface area contributed by atoms with Crippen LogP contribution in [0.1, 0.15) is 6.42 Å². The van der Waals surface area contributed by atoms with Crippen LogP contribution in [-0.2, 0) is 14.8 Å². The Morgan fingerprint density at radius 1 is 1.22 bits per heavy atom. The number of anilines is 4. The lowest BCUT2D eigenvalue weighted by Crippen LogP contribution is -2.29. The normalized spacial score (nSPS) is 10.8. The van der Waals surface area contributed by atoms with Gasteiger partial charge in [0.2, 0.25) is 11.9 Å². The average Bonchev–Trinajstić information content (AvgIpc) is 2.91. The third kappa shape index (κ3) is 6.72. The molecule has 0 unspecified atom stereocenters. The van der Waals surface area contributed by atoms with E-state index in [1.807, 2.05) is 0 Å². The van der Waals surface area contributed by atoms with E-state index in [-0.39, 0.29) is 36.0 Å². The molecule has 1 aromatic heterocycles. The van der Waals surface area contributed by atoms with Crippen molar-refractivity contribution in [2.45, 2.75) is 11.3 Å². The molecule has 2 aromatic carbocycles. The number of nitriles is 1. The minimum absolute atomic E-state index is 0.0189. The second-order valence-corrected chi connectivity index (χ2v) is 9.83. The van der Waals surface area contributed by atoms with Crippen molar-refractivity contribution >= 4 is 50.8 Å². The number of benzene rings is 2. The summed E-state index contributed by atoms with van der Waals surface area (Å²) < 4.78 is 41.4. The van der Waals surface area contributed by atoms with Gasteiger partial charge >= 0.3 is 0 Å². The Kier molecular flexibility index (Phi) is 9.00. The Balaban J connectivity index is 1.65. The monoisotopic (exact) mass is 543 g/mol. The highest BCUT2D eigenvalue weighted by molar-refractivity contribution is 7.89. The summed E-state index contributed by atoms with van der Waals surface area (Å²) in [6.07, 6.45) is 4.46. The Hall–Kier alpha value is -4.21. The topological polar surface area (TPSA) is 123 Å². The predicted octanol–water partition coefficient (Wildman–Crippen LogP) is 4.03. The fourth-order valence-corrected chi connectivity index (χ4v) is 4.62. The largest absolute Gasteiger partial charge is 0.340 e. The molecule has 0 aliphatic heterocycles. The SMILES string of the molecule is C=CC(=O)N(C)c1cc(Nc2ccnc(N(Cl)CCCN(C#N)S(=O)(=O)c3ccccc3)n2)ccc1F. The quantitative estimate of drug-likeness (QED) is 0.166. The van der Waals surface area contributed by atoms with Crippen LogP contribution in [0.2, 0.25) is 0 Å². The molecule has 0 aliphatic carbocycles. The molecule has 3 rings (SSSR count). The second kappa shape index (κ2) is 12.2. The van der Waals surface area contributed by atoms with Crippen LogP contribution in [0.4, 0.5) is 27.5 Å². The maximum Gasteiger partial charge on any atom is 0.272 e. The van der Waals surface area contributed by atoms with Crippen molar-refractivity contribution < 1.29 is 17.6 Å². The highest BCUT2D eigenvalue weighted by atomic mass is 35.5. The summed E-state index contributed by atoms with van der Waals surface area (Å²) in [6.45, 7) is 3.45. The molecular weight excluding hydrogens is 521 g/mol. The fraction of sp³-hybridized carbons (Fsp3) is 0.167. The van der Waals surface area contributed by atoms with Crippen LogP contribution in [0.25, 0.3) is 0 Å². The third-order valence-corrected chi connectivity index (χ3v) is 7.14. The summed E-state index contributed by atoms with van der Waals surface area (Å²) in [4.78, 5) is 21.4. The Labute approximate surface area is 219 Å². The smallest absolute Gasteiger partial charge is 0.272 e. The molecule has 10 nitrogen and oxygen atoms in total. The van der Waals surface area contributed by atoms with Gasteiger partial charge in [0.15, 0.2) is 6.19 Å². The number of aromatic nitrogens is 2.